The zero-order valence-corrected chi connectivity index (χ0v) is 11.8. The van der Waals surface area contributed by atoms with Gasteiger partial charge in [-0.25, -0.2) is 4.79 Å². The maximum Gasteiger partial charge on any atom is 0.353 e. The third-order valence-electron chi connectivity index (χ3n) is 3.17. The number of carboxylic acid groups (broad SMARTS) is 1. The number of aromatic carboxylic acids is 1. The van der Waals surface area contributed by atoms with Crippen LogP contribution in [0.2, 0.25) is 0 Å². The molecule has 2 aromatic rings. The number of rotatable bonds is 4. The predicted octanol–water partition coefficient (Wildman–Crippen LogP) is 2.41. The highest BCUT2D eigenvalue weighted by Crippen LogP contribution is 2.40. The second-order valence-corrected chi connectivity index (χ2v) is 4.40. The van der Waals surface area contributed by atoms with Gasteiger partial charge in [0.05, 0.1) is 25.5 Å². The van der Waals surface area contributed by atoms with E-state index in [0.717, 1.165) is 16.7 Å². The number of carbonyl (C=O) groups is 1. The molecule has 0 aliphatic rings. The monoisotopic (exact) mass is 276 g/mol. The molecule has 20 heavy (non-hydrogen) atoms. The van der Waals surface area contributed by atoms with Crippen molar-refractivity contribution in [2.45, 2.75) is 13.8 Å². The third-order valence-corrected chi connectivity index (χ3v) is 3.17. The van der Waals surface area contributed by atoms with Crippen molar-refractivity contribution in [3.63, 3.8) is 0 Å². The third kappa shape index (κ3) is 2.20. The normalized spacial score (nSPS) is 10.4. The van der Waals surface area contributed by atoms with E-state index in [9.17, 15) is 4.79 Å². The van der Waals surface area contributed by atoms with Crippen LogP contribution in [0.25, 0.3) is 11.3 Å². The minimum atomic E-state index is -1.06. The van der Waals surface area contributed by atoms with Crippen molar-refractivity contribution >= 4 is 5.97 Å². The van der Waals surface area contributed by atoms with Crippen LogP contribution in [0.5, 0.6) is 11.5 Å². The van der Waals surface area contributed by atoms with Crippen molar-refractivity contribution in [3.05, 3.63) is 29.0 Å². The standard InChI is InChI=1S/C14H16N2O4/c1-7-5-11(19-3)8(2)12(13(7)20-4)9-6-10(14(17)18)16-15-9/h5-6H,1-4H3,(H,15,16)(H,17,18). The second-order valence-electron chi connectivity index (χ2n) is 4.40. The van der Waals surface area contributed by atoms with Gasteiger partial charge in [0.15, 0.2) is 0 Å². The molecular weight excluding hydrogens is 260 g/mol. The van der Waals surface area contributed by atoms with E-state index in [4.69, 9.17) is 14.6 Å². The summed E-state index contributed by atoms with van der Waals surface area (Å²) in [7, 11) is 3.16. The van der Waals surface area contributed by atoms with Crippen LogP contribution in [-0.4, -0.2) is 35.5 Å². The van der Waals surface area contributed by atoms with E-state index in [1.165, 1.54) is 6.07 Å². The lowest BCUT2D eigenvalue weighted by molar-refractivity contribution is 0.0690. The number of benzene rings is 1. The summed E-state index contributed by atoms with van der Waals surface area (Å²) in [6.07, 6.45) is 0. The van der Waals surface area contributed by atoms with Gasteiger partial charge in [0, 0.05) is 5.56 Å². The molecule has 1 aromatic carbocycles. The molecule has 0 atom stereocenters. The largest absolute Gasteiger partial charge is 0.496 e. The Balaban J connectivity index is 2.69. The Morgan fingerprint density at radius 1 is 1.25 bits per heavy atom. The lowest BCUT2D eigenvalue weighted by Gasteiger charge is -2.16. The van der Waals surface area contributed by atoms with Crippen LogP contribution in [0.3, 0.4) is 0 Å². The van der Waals surface area contributed by atoms with E-state index in [-0.39, 0.29) is 5.69 Å². The SMILES string of the molecule is COc1cc(C)c(OC)c(-c2cc(C(=O)O)[nH]n2)c1C. The topological polar surface area (TPSA) is 84.4 Å². The van der Waals surface area contributed by atoms with Gasteiger partial charge in [-0.2, -0.15) is 5.10 Å². The van der Waals surface area contributed by atoms with Gasteiger partial charge in [0.25, 0.3) is 0 Å². The number of carboxylic acids is 1. The Morgan fingerprint density at radius 2 is 1.95 bits per heavy atom. The van der Waals surface area contributed by atoms with Crippen LogP contribution in [0.15, 0.2) is 12.1 Å². The summed E-state index contributed by atoms with van der Waals surface area (Å²) in [5, 5.41) is 15.5. The number of nitrogens with one attached hydrogen (secondary N) is 1. The molecule has 0 bridgehead atoms. The number of aromatic nitrogens is 2. The first kappa shape index (κ1) is 13.9. The van der Waals surface area contributed by atoms with E-state index in [1.54, 1.807) is 14.2 Å². The number of ether oxygens (including phenoxy) is 2. The number of hydrogen-bond acceptors (Lipinski definition) is 4. The molecule has 0 saturated carbocycles. The number of nitrogens with zero attached hydrogens (tertiary/aromatic N) is 1. The Labute approximate surface area is 116 Å². The Bertz CT molecular complexity index is 661. The van der Waals surface area contributed by atoms with E-state index in [2.05, 4.69) is 10.2 Å². The first-order valence-corrected chi connectivity index (χ1v) is 6.00. The van der Waals surface area contributed by atoms with Gasteiger partial charge in [0.2, 0.25) is 0 Å². The summed E-state index contributed by atoms with van der Waals surface area (Å²) in [5.41, 5.74) is 3.01. The molecular formula is C14H16N2O4. The first-order chi connectivity index (χ1) is 9.49. The molecule has 0 aliphatic carbocycles. The molecule has 1 heterocycles. The minimum absolute atomic E-state index is 0.0296. The van der Waals surface area contributed by atoms with Crippen molar-refractivity contribution in [1.29, 1.82) is 0 Å². The van der Waals surface area contributed by atoms with Gasteiger partial charge in [-0.15, -0.1) is 0 Å². The molecule has 6 nitrogen and oxygen atoms in total. The number of aromatic amines is 1. The van der Waals surface area contributed by atoms with Crippen molar-refractivity contribution in [2.75, 3.05) is 14.2 Å². The van der Waals surface area contributed by atoms with Gasteiger partial charge in [-0.05, 0) is 31.5 Å². The Kier molecular flexibility index (Phi) is 3.65. The fourth-order valence-corrected chi connectivity index (χ4v) is 2.20. The van der Waals surface area contributed by atoms with Crippen LogP contribution in [0, 0.1) is 13.8 Å². The zero-order valence-electron chi connectivity index (χ0n) is 11.8. The summed E-state index contributed by atoms with van der Waals surface area (Å²) in [4.78, 5) is 10.9. The van der Waals surface area contributed by atoms with E-state index >= 15 is 0 Å². The van der Waals surface area contributed by atoms with Crippen LogP contribution in [-0.2, 0) is 0 Å². The molecule has 0 radical (unpaired) electrons. The van der Waals surface area contributed by atoms with Crippen LogP contribution in [0.1, 0.15) is 21.6 Å². The average molecular weight is 276 g/mol. The molecule has 0 fully saturated rings. The van der Waals surface area contributed by atoms with Gasteiger partial charge >= 0.3 is 5.97 Å². The molecule has 2 rings (SSSR count). The van der Waals surface area contributed by atoms with Gasteiger partial charge < -0.3 is 14.6 Å². The predicted molar refractivity (Wildman–Crippen MR) is 73.6 cm³/mol. The maximum absolute atomic E-state index is 10.9. The summed E-state index contributed by atoms with van der Waals surface area (Å²) >= 11 is 0. The highest BCUT2D eigenvalue weighted by Gasteiger charge is 2.19. The van der Waals surface area contributed by atoms with E-state index in [1.807, 2.05) is 19.9 Å². The molecule has 2 N–H and O–H groups in total. The van der Waals surface area contributed by atoms with E-state index < -0.39 is 5.97 Å². The van der Waals surface area contributed by atoms with E-state index in [0.29, 0.717) is 17.2 Å². The highest BCUT2D eigenvalue weighted by atomic mass is 16.5. The molecule has 0 spiro atoms. The van der Waals surface area contributed by atoms with Gasteiger partial charge in [-0.1, -0.05) is 0 Å². The first-order valence-electron chi connectivity index (χ1n) is 6.00. The molecule has 1 aromatic heterocycles. The van der Waals surface area contributed by atoms with Crippen molar-refractivity contribution in [1.82, 2.24) is 10.2 Å². The summed E-state index contributed by atoms with van der Waals surface area (Å²) in [5.74, 6) is 0.310. The number of methoxy groups -OCH3 is 2. The lowest BCUT2D eigenvalue weighted by Crippen LogP contribution is -1.98. The van der Waals surface area contributed by atoms with Gasteiger partial charge in [-0.3, -0.25) is 5.10 Å². The summed E-state index contributed by atoms with van der Waals surface area (Å²) < 4.78 is 10.8. The number of aryl methyl sites for hydroxylation is 1. The molecule has 0 aliphatic heterocycles. The smallest absolute Gasteiger partial charge is 0.353 e. The minimum Gasteiger partial charge on any atom is -0.496 e. The van der Waals surface area contributed by atoms with Crippen LogP contribution in [0.4, 0.5) is 0 Å². The van der Waals surface area contributed by atoms with Crippen molar-refractivity contribution < 1.29 is 19.4 Å². The fourth-order valence-electron chi connectivity index (χ4n) is 2.20. The fraction of sp³-hybridized carbons (Fsp3) is 0.286. The quantitative estimate of drug-likeness (QED) is 0.895. The highest BCUT2D eigenvalue weighted by molar-refractivity contribution is 5.88. The number of H-pyrrole nitrogens is 1. The molecule has 0 amide bonds. The summed E-state index contributed by atoms with van der Waals surface area (Å²) in [6.45, 7) is 3.78. The molecule has 0 unspecified atom stereocenters. The second kappa shape index (κ2) is 5.24. The Hall–Kier alpha value is -2.50. The summed E-state index contributed by atoms with van der Waals surface area (Å²) in [6, 6.07) is 3.36. The molecule has 6 heteroatoms. The van der Waals surface area contributed by atoms with Gasteiger partial charge in [0.1, 0.15) is 17.2 Å². The van der Waals surface area contributed by atoms with Crippen LogP contribution < -0.4 is 9.47 Å². The number of hydrogen-bond donors (Lipinski definition) is 2. The zero-order chi connectivity index (χ0) is 14.9. The molecule has 0 saturated heterocycles. The van der Waals surface area contributed by atoms with Crippen LogP contribution >= 0.6 is 0 Å². The Morgan fingerprint density at radius 3 is 2.45 bits per heavy atom. The molecule has 106 valence electrons. The van der Waals surface area contributed by atoms with Crippen molar-refractivity contribution in [3.8, 4) is 22.8 Å². The lowest BCUT2D eigenvalue weighted by atomic mass is 9.99. The maximum atomic E-state index is 10.9. The van der Waals surface area contributed by atoms with Crippen molar-refractivity contribution in [2.24, 2.45) is 0 Å². The average Bonchev–Trinajstić information content (AvgIpc) is 2.89.